The third-order valence-electron chi connectivity index (χ3n) is 11.9. The van der Waals surface area contributed by atoms with Crippen LogP contribution in [0.5, 0.6) is 0 Å². The van der Waals surface area contributed by atoms with E-state index in [1.54, 1.807) is 0 Å². The minimum absolute atomic E-state index is 0. The van der Waals surface area contributed by atoms with Crippen molar-refractivity contribution in [2.24, 2.45) is 0 Å². The molecule has 0 unspecified atom stereocenters. The normalized spacial score (nSPS) is 17.5. The molecule has 2 fully saturated rings. The van der Waals surface area contributed by atoms with Gasteiger partial charge in [0.1, 0.15) is 0 Å². The van der Waals surface area contributed by atoms with E-state index in [0.29, 0.717) is 0 Å². The Balaban J connectivity index is 0.000000410. The van der Waals surface area contributed by atoms with Gasteiger partial charge in [0.25, 0.3) is 0 Å². The van der Waals surface area contributed by atoms with Gasteiger partial charge in [0.2, 0.25) is 0 Å². The van der Waals surface area contributed by atoms with E-state index in [1.165, 1.54) is 33.4 Å². The molecule has 0 radical (unpaired) electrons. The first-order chi connectivity index (χ1) is 35.6. The summed E-state index contributed by atoms with van der Waals surface area (Å²) in [4.78, 5) is 15.7. The van der Waals surface area contributed by atoms with Crippen LogP contribution in [0.1, 0.15) is 33.4 Å². The molecule has 0 aliphatic carbocycles. The van der Waals surface area contributed by atoms with Crippen molar-refractivity contribution in [2.45, 2.75) is 39.3 Å². The maximum absolute atomic E-state index is 11.2. The van der Waals surface area contributed by atoms with Gasteiger partial charge in [-0.25, -0.2) is 0 Å². The van der Waals surface area contributed by atoms with Gasteiger partial charge in [-0.15, -0.1) is 0 Å². The van der Waals surface area contributed by atoms with Crippen LogP contribution in [0.15, 0.2) is 182 Å². The van der Waals surface area contributed by atoms with Crippen molar-refractivity contribution >= 4 is 39.0 Å². The van der Waals surface area contributed by atoms with Crippen LogP contribution in [-0.4, -0.2) is 157 Å². The Kier molecular flexibility index (Phi) is 29.0. The van der Waals surface area contributed by atoms with Gasteiger partial charge in [-0.3, -0.25) is 39.9 Å². The Bertz CT molecular complexity index is 2060. The van der Waals surface area contributed by atoms with Crippen molar-refractivity contribution < 1.29 is 78.4 Å². The Labute approximate surface area is 476 Å². The molecule has 0 aromatic heterocycles. The molecule has 0 spiro atoms. The first kappa shape index (κ1) is 70.9. The molecule has 6 aromatic rings. The molecular weight excluding hydrogens is 1360 g/mol. The van der Waals surface area contributed by atoms with E-state index in [1.807, 2.05) is 0 Å². The molecule has 2 aliphatic heterocycles. The van der Waals surface area contributed by atoms with E-state index < -0.39 is 39.0 Å². The number of rotatable bonds is 12. The summed E-state index contributed by atoms with van der Waals surface area (Å²) in [6.45, 7) is 19.5. The van der Waals surface area contributed by atoms with Gasteiger partial charge in [0.15, 0.2) is 0 Å². The second kappa shape index (κ2) is 31.9. The van der Waals surface area contributed by atoms with Crippen molar-refractivity contribution in [1.29, 1.82) is 0 Å². The molecule has 6 aromatic carbocycles. The quantitative estimate of drug-likeness (QED) is 0.0544. The fourth-order valence-corrected chi connectivity index (χ4v) is 8.37. The van der Waals surface area contributed by atoms with Gasteiger partial charge in [-0.05, 0) is 33.4 Å². The summed E-state index contributed by atoms with van der Waals surface area (Å²) in [6, 6.07) is 65.3. The SMILES string of the molecule is OO.[Cu+].[Cu+].[F][Sb-]([F])([F])([F])([F])[F].[F][Sb-]([F])([F])([F])([F])[F].c1ccc(CN2CCN(Cc3ccccc3)CCN(Cc3ccccc3)CC2)cc1.c1ccc(CN2CCN(Cc3ccccc3)CCN(Cc3ccccc3)CC2)cc1. The summed E-state index contributed by atoms with van der Waals surface area (Å²) in [5.41, 5.74) is 8.42. The number of halogens is 12. The molecule has 2 heterocycles. The van der Waals surface area contributed by atoms with Crippen molar-refractivity contribution in [3.05, 3.63) is 215 Å². The summed E-state index contributed by atoms with van der Waals surface area (Å²) in [7, 11) is 0. The van der Waals surface area contributed by atoms with Gasteiger partial charge in [-0.1, -0.05) is 182 Å². The molecule has 2 saturated heterocycles. The van der Waals surface area contributed by atoms with Crippen LogP contribution in [0.3, 0.4) is 0 Å². The third kappa shape index (κ3) is 38.5. The maximum Gasteiger partial charge on any atom is 0.0234 e. The topological polar surface area (TPSA) is 59.9 Å². The Morgan fingerprint density at radius 3 is 0.410 bits per heavy atom. The van der Waals surface area contributed by atoms with Crippen LogP contribution in [0.4, 0.5) is 33.8 Å². The fourth-order valence-electron chi connectivity index (χ4n) is 8.37. The summed E-state index contributed by atoms with van der Waals surface area (Å²) in [5.74, 6) is 0. The van der Waals surface area contributed by atoms with E-state index >= 15 is 0 Å². The molecule has 2 aliphatic rings. The molecule has 78 heavy (non-hydrogen) atoms. The van der Waals surface area contributed by atoms with Crippen LogP contribution >= 0.6 is 0 Å². The van der Waals surface area contributed by atoms with Gasteiger partial charge >= 0.3 is 107 Å². The van der Waals surface area contributed by atoms with E-state index in [9.17, 15) is 33.8 Å². The number of benzene rings is 6. The van der Waals surface area contributed by atoms with Crippen molar-refractivity contribution in [1.82, 2.24) is 29.4 Å². The zero-order valence-corrected chi connectivity index (χ0v) is 49.6. The molecule has 0 saturated carbocycles. The average molecular weight is 1430 g/mol. The molecule has 442 valence electrons. The Hall–Kier alpha value is -3.16. The Morgan fingerprint density at radius 2 is 0.321 bits per heavy atom. The van der Waals surface area contributed by atoms with E-state index in [-0.39, 0.29) is 34.1 Å². The van der Waals surface area contributed by atoms with Gasteiger partial charge in [0.05, 0.1) is 0 Å². The second-order valence-corrected chi connectivity index (χ2v) is 29.4. The smallest absolute Gasteiger partial charge is 0.0234 e. The van der Waals surface area contributed by atoms with Crippen molar-refractivity contribution in [3.8, 4) is 0 Å². The second-order valence-electron chi connectivity index (χ2n) is 18.5. The van der Waals surface area contributed by atoms with Gasteiger partial charge in [-0.2, -0.15) is 0 Å². The van der Waals surface area contributed by atoms with Crippen LogP contribution in [0.2, 0.25) is 0 Å². The van der Waals surface area contributed by atoms with E-state index in [2.05, 4.69) is 211 Å². The first-order valence-corrected chi connectivity index (χ1v) is 36.1. The van der Waals surface area contributed by atoms with Gasteiger partial charge in [0, 0.05) is 118 Å². The van der Waals surface area contributed by atoms with Crippen molar-refractivity contribution in [3.63, 3.8) is 0 Å². The zero-order valence-electron chi connectivity index (χ0n) is 42.7. The molecule has 2 N–H and O–H groups in total. The molecule has 8 rings (SSSR count). The minimum Gasteiger partial charge on any atom is -0.297 e. The molecular formula is C54H68Cu2F12N6O2Sb2. The summed E-state index contributed by atoms with van der Waals surface area (Å²) in [5, 5.41) is 12.0. The monoisotopic (exact) mass is 1430 g/mol. The largest absolute Gasteiger partial charge is 0.297 e. The Morgan fingerprint density at radius 1 is 0.231 bits per heavy atom. The standard InChI is InChI=1S/2C27H33N3.2Cu.12FH.H2O2.2Sb/c2*1-4-10-25(11-5-1)22-28-16-18-29(23-26-12-6-2-7-13-26)20-21-30(19-17-28)24-27-14-8-3-9-15-27;;;;;;;;;;;;;;;1-2;;/h2*1-15H,16-24H2;;;12*1H;1-2H;;/q;;2*+1;;;;;;;;;;;;;;2*+5/p-12. The van der Waals surface area contributed by atoms with Gasteiger partial charge < -0.3 is 0 Å². The average Bonchev–Trinajstić information content (AvgIpc) is 3.51. The number of hydrogen-bond acceptors (Lipinski definition) is 8. The first-order valence-electron chi connectivity index (χ1n) is 24.5. The maximum atomic E-state index is 9.93. The van der Waals surface area contributed by atoms with Crippen LogP contribution in [0.25, 0.3) is 0 Å². The minimum atomic E-state index is -11.2. The fraction of sp³-hybridized carbons (Fsp3) is 0.333. The predicted octanol–water partition coefficient (Wildman–Crippen LogP) is 13.3. The number of nitrogens with zero attached hydrogens (tertiary/aromatic N) is 6. The summed E-state index contributed by atoms with van der Waals surface area (Å²) >= 11 is -22.5. The third-order valence-corrected chi connectivity index (χ3v) is 11.9. The van der Waals surface area contributed by atoms with Crippen LogP contribution < -0.4 is 0 Å². The summed E-state index contributed by atoms with van der Waals surface area (Å²) in [6.07, 6.45) is 0. The summed E-state index contributed by atoms with van der Waals surface area (Å²) < 4.78 is 119. The number of hydrogen-bond donors (Lipinski definition) is 2. The molecule has 0 amide bonds. The predicted molar refractivity (Wildman–Crippen MR) is 280 cm³/mol. The van der Waals surface area contributed by atoms with Crippen molar-refractivity contribution in [2.75, 3.05) is 78.5 Å². The van der Waals surface area contributed by atoms with E-state index in [0.717, 1.165) is 118 Å². The zero-order chi connectivity index (χ0) is 55.7. The molecule has 24 heteroatoms. The van der Waals surface area contributed by atoms with E-state index in [4.69, 9.17) is 10.5 Å². The molecule has 0 atom stereocenters. The molecule has 0 bridgehead atoms. The van der Waals surface area contributed by atoms with Crippen LogP contribution in [-0.2, 0) is 73.4 Å². The molecule has 8 nitrogen and oxygen atoms in total. The van der Waals surface area contributed by atoms with Crippen LogP contribution in [0, 0.1) is 0 Å².